The molecule has 4 heteroatoms. The average Bonchev–Trinajstić information content (AvgIpc) is 3.17. The van der Waals surface area contributed by atoms with Crippen LogP contribution in [0.5, 0.6) is 0 Å². The fourth-order valence-corrected chi connectivity index (χ4v) is 4.52. The molecule has 5 rings (SSSR count). The Bertz CT molecular complexity index is 1150. The van der Waals surface area contributed by atoms with Gasteiger partial charge in [-0.3, -0.25) is 4.79 Å². The van der Waals surface area contributed by atoms with Crippen molar-refractivity contribution in [2.24, 2.45) is 5.92 Å². The molecule has 0 saturated carbocycles. The largest absolute Gasteiger partial charge is 0.342 e. The van der Waals surface area contributed by atoms with E-state index < -0.39 is 0 Å². The SMILES string of the molecule is O=C(Cc1cccc2ccccc12)N1CCC(Cn2cnc3ccccc32)CC1. The third-order valence-corrected chi connectivity index (χ3v) is 6.17. The number of carbonyl (C=O) groups is 1. The highest BCUT2D eigenvalue weighted by Gasteiger charge is 2.23. The third kappa shape index (κ3) is 3.63. The number of nitrogens with zero attached hydrogens (tertiary/aromatic N) is 3. The second kappa shape index (κ2) is 7.70. The van der Waals surface area contributed by atoms with E-state index in [0.717, 1.165) is 43.6 Å². The molecule has 0 aliphatic carbocycles. The first-order valence-corrected chi connectivity index (χ1v) is 10.4. The Balaban J connectivity index is 1.22. The molecular weight excluding hydrogens is 358 g/mol. The molecule has 0 N–H and O–H groups in total. The first-order valence-electron chi connectivity index (χ1n) is 10.4. The molecule has 0 unspecified atom stereocenters. The summed E-state index contributed by atoms with van der Waals surface area (Å²) >= 11 is 0. The van der Waals surface area contributed by atoms with Crippen molar-refractivity contribution in [3.05, 3.63) is 78.6 Å². The molecule has 1 fully saturated rings. The minimum atomic E-state index is 0.243. The molecule has 3 aromatic carbocycles. The lowest BCUT2D eigenvalue weighted by molar-refractivity contribution is -0.131. The minimum Gasteiger partial charge on any atom is -0.342 e. The standard InChI is InChI=1S/C25H25N3O/c29-25(16-21-8-5-7-20-6-1-2-9-22(20)21)27-14-12-19(13-15-27)17-28-18-26-23-10-3-4-11-24(23)28/h1-11,18-19H,12-17H2. The van der Waals surface area contributed by atoms with Crippen molar-refractivity contribution in [3.8, 4) is 0 Å². The number of hydrogen-bond donors (Lipinski definition) is 0. The molecule has 1 saturated heterocycles. The van der Waals surface area contributed by atoms with Gasteiger partial charge in [-0.2, -0.15) is 0 Å². The van der Waals surface area contributed by atoms with Gasteiger partial charge in [0, 0.05) is 19.6 Å². The molecule has 1 aliphatic rings. The normalized spacial score (nSPS) is 15.2. The summed E-state index contributed by atoms with van der Waals surface area (Å²) in [4.78, 5) is 19.5. The van der Waals surface area contributed by atoms with Crippen LogP contribution in [0.15, 0.2) is 73.1 Å². The van der Waals surface area contributed by atoms with Crippen LogP contribution >= 0.6 is 0 Å². The number of piperidine rings is 1. The molecule has 1 aliphatic heterocycles. The maximum atomic E-state index is 12.9. The molecule has 4 nitrogen and oxygen atoms in total. The second-order valence-electron chi connectivity index (χ2n) is 8.02. The summed E-state index contributed by atoms with van der Waals surface area (Å²) in [5, 5.41) is 2.38. The van der Waals surface area contributed by atoms with E-state index in [1.807, 2.05) is 35.5 Å². The van der Waals surface area contributed by atoms with E-state index in [-0.39, 0.29) is 5.91 Å². The lowest BCUT2D eigenvalue weighted by Crippen LogP contribution is -2.40. The van der Waals surface area contributed by atoms with Crippen LogP contribution < -0.4 is 0 Å². The summed E-state index contributed by atoms with van der Waals surface area (Å²) in [6, 6.07) is 22.8. The minimum absolute atomic E-state index is 0.243. The van der Waals surface area contributed by atoms with Gasteiger partial charge in [0.25, 0.3) is 0 Å². The number of para-hydroxylation sites is 2. The summed E-state index contributed by atoms with van der Waals surface area (Å²) in [7, 11) is 0. The van der Waals surface area contributed by atoms with Gasteiger partial charge in [-0.25, -0.2) is 4.98 Å². The first-order chi connectivity index (χ1) is 14.3. The molecule has 0 spiro atoms. The van der Waals surface area contributed by atoms with Gasteiger partial charge < -0.3 is 9.47 Å². The fraction of sp³-hybridized carbons (Fsp3) is 0.280. The summed E-state index contributed by atoms with van der Waals surface area (Å²) in [6.45, 7) is 2.67. The molecule has 0 bridgehead atoms. The Morgan fingerprint density at radius 3 is 2.59 bits per heavy atom. The van der Waals surface area contributed by atoms with Crippen LogP contribution in [0.1, 0.15) is 18.4 Å². The molecule has 1 aromatic heterocycles. The summed E-state index contributed by atoms with van der Waals surface area (Å²) < 4.78 is 2.26. The summed E-state index contributed by atoms with van der Waals surface area (Å²) in [6.07, 6.45) is 4.53. The Kier molecular flexibility index (Phi) is 4.76. The number of fused-ring (bicyclic) bond motifs is 2. The van der Waals surface area contributed by atoms with Crippen LogP contribution in [0, 0.1) is 5.92 Å². The molecule has 0 atom stereocenters. The number of amides is 1. The van der Waals surface area contributed by atoms with Gasteiger partial charge in [-0.15, -0.1) is 0 Å². The Morgan fingerprint density at radius 2 is 1.69 bits per heavy atom. The quantitative estimate of drug-likeness (QED) is 0.514. The van der Waals surface area contributed by atoms with Gasteiger partial charge in [0.05, 0.1) is 23.8 Å². The molecular formula is C25H25N3O. The van der Waals surface area contributed by atoms with E-state index in [2.05, 4.69) is 52.0 Å². The number of benzene rings is 3. The van der Waals surface area contributed by atoms with E-state index in [1.54, 1.807) is 0 Å². The van der Waals surface area contributed by atoms with Crippen molar-refractivity contribution in [2.75, 3.05) is 13.1 Å². The lowest BCUT2D eigenvalue weighted by atomic mass is 9.95. The number of carbonyl (C=O) groups excluding carboxylic acids is 1. The molecule has 29 heavy (non-hydrogen) atoms. The molecule has 146 valence electrons. The monoisotopic (exact) mass is 383 g/mol. The van der Waals surface area contributed by atoms with E-state index in [4.69, 9.17) is 0 Å². The van der Waals surface area contributed by atoms with Gasteiger partial charge in [0.2, 0.25) is 5.91 Å². The highest BCUT2D eigenvalue weighted by molar-refractivity contribution is 5.90. The van der Waals surface area contributed by atoms with Crippen molar-refractivity contribution < 1.29 is 4.79 Å². The number of imidazole rings is 1. The zero-order chi connectivity index (χ0) is 19.6. The lowest BCUT2D eigenvalue weighted by Gasteiger charge is -2.32. The van der Waals surface area contributed by atoms with Gasteiger partial charge in [0.15, 0.2) is 0 Å². The van der Waals surface area contributed by atoms with Crippen LogP contribution in [0.3, 0.4) is 0 Å². The molecule has 0 radical (unpaired) electrons. The summed E-state index contributed by atoms with van der Waals surface area (Å²) in [5.41, 5.74) is 3.37. The Morgan fingerprint density at radius 1 is 0.931 bits per heavy atom. The van der Waals surface area contributed by atoms with Gasteiger partial charge >= 0.3 is 0 Å². The van der Waals surface area contributed by atoms with Crippen LogP contribution in [0.4, 0.5) is 0 Å². The van der Waals surface area contributed by atoms with Crippen molar-refractivity contribution in [1.29, 1.82) is 0 Å². The smallest absolute Gasteiger partial charge is 0.227 e. The third-order valence-electron chi connectivity index (χ3n) is 6.17. The van der Waals surface area contributed by atoms with Crippen molar-refractivity contribution >= 4 is 27.7 Å². The molecule has 4 aromatic rings. The average molecular weight is 383 g/mol. The topological polar surface area (TPSA) is 38.1 Å². The predicted octanol–water partition coefficient (Wildman–Crippen LogP) is 4.67. The zero-order valence-electron chi connectivity index (χ0n) is 16.5. The van der Waals surface area contributed by atoms with E-state index >= 15 is 0 Å². The second-order valence-corrected chi connectivity index (χ2v) is 8.02. The van der Waals surface area contributed by atoms with Gasteiger partial charge in [0.1, 0.15) is 0 Å². The van der Waals surface area contributed by atoms with Gasteiger partial charge in [-0.1, -0.05) is 54.6 Å². The van der Waals surface area contributed by atoms with Gasteiger partial charge in [-0.05, 0) is 47.2 Å². The highest BCUT2D eigenvalue weighted by atomic mass is 16.2. The number of aromatic nitrogens is 2. The highest BCUT2D eigenvalue weighted by Crippen LogP contribution is 2.24. The predicted molar refractivity (Wildman–Crippen MR) is 117 cm³/mol. The van der Waals surface area contributed by atoms with Crippen LogP contribution in [-0.2, 0) is 17.8 Å². The zero-order valence-corrected chi connectivity index (χ0v) is 16.5. The van der Waals surface area contributed by atoms with Crippen LogP contribution in [0.25, 0.3) is 21.8 Å². The van der Waals surface area contributed by atoms with E-state index in [9.17, 15) is 4.79 Å². The fourth-order valence-electron chi connectivity index (χ4n) is 4.52. The number of rotatable bonds is 4. The van der Waals surface area contributed by atoms with E-state index in [0.29, 0.717) is 12.3 Å². The van der Waals surface area contributed by atoms with Crippen LogP contribution in [0.2, 0.25) is 0 Å². The Labute approximate surface area is 170 Å². The molecule has 1 amide bonds. The first kappa shape index (κ1) is 17.9. The molecule has 2 heterocycles. The summed E-state index contributed by atoms with van der Waals surface area (Å²) in [5.74, 6) is 0.835. The number of likely N-dealkylation sites (tertiary alicyclic amines) is 1. The van der Waals surface area contributed by atoms with Crippen LogP contribution in [-0.4, -0.2) is 33.4 Å². The number of hydrogen-bond acceptors (Lipinski definition) is 2. The van der Waals surface area contributed by atoms with Crippen molar-refractivity contribution in [3.63, 3.8) is 0 Å². The Hall–Kier alpha value is -3.14. The van der Waals surface area contributed by atoms with Crippen molar-refractivity contribution in [2.45, 2.75) is 25.8 Å². The maximum Gasteiger partial charge on any atom is 0.227 e. The maximum absolute atomic E-state index is 12.9. The van der Waals surface area contributed by atoms with Crippen molar-refractivity contribution in [1.82, 2.24) is 14.5 Å². The van der Waals surface area contributed by atoms with E-state index in [1.165, 1.54) is 16.3 Å².